The molecule has 2 saturated heterocycles. The van der Waals surface area contributed by atoms with Gasteiger partial charge in [0.25, 0.3) is 0 Å². The third kappa shape index (κ3) is 3.29. The fraction of sp³-hybridized carbons (Fsp3) is 0.933. The topological polar surface area (TPSA) is 41.6 Å². The third-order valence-electron chi connectivity index (χ3n) is 4.41. The molecule has 0 bridgehead atoms. The van der Waals surface area contributed by atoms with Crippen LogP contribution in [0.2, 0.25) is 0 Å². The average molecular weight is 268 g/mol. The molecule has 3 unspecified atom stereocenters. The number of carbonyl (C=O) groups excluding carboxylic acids is 1. The van der Waals surface area contributed by atoms with Gasteiger partial charge in [0.2, 0.25) is 5.91 Å². The zero-order valence-electron chi connectivity index (χ0n) is 12.5. The van der Waals surface area contributed by atoms with Crippen LogP contribution >= 0.6 is 0 Å². The largest absolute Gasteiger partial charge is 0.379 e. The number of rotatable bonds is 5. The lowest BCUT2D eigenvalue weighted by molar-refractivity contribution is -0.137. The van der Waals surface area contributed by atoms with Gasteiger partial charge in [0.15, 0.2) is 0 Å². The summed E-state index contributed by atoms with van der Waals surface area (Å²) in [7, 11) is 0. The molecule has 0 aromatic rings. The molecule has 0 aromatic carbocycles. The van der Waals surface area contributed by atoms with E-state index < -0.39 is 0 Å². The molecule has 0 spiro atoms. The number of ether oxygens (including phenoxy) is 1. The molecule has 2 aliphatic heterocycles. The van der Waals surface area contributed by atoms with Crippen molar-refractivity contribution in [2.24, 2.45) is 11.8 Å². The summed E-state index contributed by atoms with van der Waals surface area (Å²) >= 11 is 0. The molecule has 110 valence electrons. The lowest BCUT2D eigenvalue weighted by atomic mass is 9.98. The predicted molar refractivity (Wildman–Crippen MR) is 76.0 cm³/mol. The first-order valence-electron chi connectivity index (χ1n) is 7.76. The minimum atomic E-state index is 0.0194. The van der Waals surface area contributed by atoms with Gasteiger partial charge < -0.3 is 15.0 Å². The van der Waals surface area contributed by atoms with Crippen LogP contribution in [-0.2, 0) is 9.53 Å². The number of likely N-dealkylation sites (tertiary alicyclic amines) is 1. The van der Waals surface area contributed by atoms with Crippen molar-refractivity contribution in [2.45, 2.75) is 52.1 Å². The van der Waals surface area contributed by atoms with Gasteiger partial charge in [-0.2, -0.15) is 0 Å². The Balaban J connectivity index is 1.97. The van der Waals surface area contributed by atoms with Crippen molar-refractivity contribution < 1.29 is 9.53 Å². The highest BCUT2D eigenvalue weighted by atomic mass is 16.5. The molecular formula is C15H28N2O2. The van der Waals surface area contributed by atoms with Crippen LogP contribution in [0.15, 0.2) is 0 Å². The van der Waals surface area contributed by atoms with Crippen LogP contribution < -0.4 is 5.32 Å². The summed E-state index contributed by atoms with van der Waals surface area (Å²) in [6, 6.07) is 0.640. The van der Waals surface area contributed by atoms with Gasteiger partial charge in [-0.15, -0.1) is 0 Å². The van der Waals surface area contributed by atoms with Crippen LogP contribution in [-0.4, -0.2) is 49.2 Å². The van der Waals surface area contributed by atoms with Gasteiger partial charge in [-0.05, 0) is 31.7 Å². The van der Waals surface area contributed by atoms with Gasteiger partial charge in [0.1, 0.15) is 0 Å². The van der Waals surface area contributed by atoms with E-state index in [9.17, 15) is 4.79 Å². The number of amides is 1. The summed E-state index contributed by atoms with van der Waals surface area (Å²) in [5.74, 6) is 0.879. The molecule has 0 saturated carbocycles. The van der Waals surface area contributed by atoms with Crippen LogP contribution in [0.4, 0.5) is 0 Å². The van der Waals surface area contributed by atoms with Gasteiger partial charge in [-0.25, -0.2) is 0 Å². The van der Waals surface area contributed by atoms with E-state index in [0.29, 0.717) is 31.1 Å². The van der Waals surface area contributed by atoms with Gasteiger partial charge in [0.05, 0.1) is 19.1 Å². The Kier molecular flexibility index (Phi) is 5.22. The van der Waals surface area contributed by atoms with Gasteiger partial charge >= 0.3 is 0 Å². The van der Waals surface area contributed by atoms with E-state index in [1.54, 1.807) is 0 Å². The maximum Gasteiger partial charge on any atom is 0.229 e. The van der Waals surface area contributed by atoms with E-state index in [4.69, 9.17) is 4.74 Å². The Labute approximate surface area is 116 Å². The SMILES string of the molecule is CCCNC1COCC1C(=O)N1CCCC1C(C)C. The van der Waals surface area contributed by atoms with Crippen molar-refractivity contribution in [3.05, 3.63) is 0 Å². The summed E-state index contributed by atoms with van der Waals surface area (Å²) in [6.45, 7) is 9.74. The van der Waals surface area contributed by atoms with Crippen molar-refractivity contribution in [3.8, 4) is 0 Å². The van der Waals surface area contributed by atoms with Crippen LogP contribution in [0.25, 0.3) is 0 Å². The second-order valence-corrected chi connectivity index (χ2v) is 6.19. The van der Waals surface area contributed by atoms with Crippen molar-refractivity contribution in [1.82, 2.24) is 10.2 Å². The predicted octanol–water partition coefficient (Wildman–Crippen LogP) is 1.65. The first kappa shape index (κ1) is 14.8. The number of nitrogens with zero attached hydrogens (tertiary/aromatic N) is 1. The molecule has 19 heavy (non-hydrogen) atoms. The van der Waals surface area contributed by atoms with Crippen LogP contribution in [0.5, 0.6) is 0 Å². The van der Waals surface area contributed by atoms with Crippen molar-refractivity contribution >= 4 is 5.91 Å². The molecule has 1 amide bonds. The summed E-state index contributed by atoms with van der Waals surface area (Å²) < 4.78 is 5.53. The first-order valence-corrected chi connectivity index (χ1v) is 7.76. The number of hydrogen-bond acceptors (Lipinski definition) is 3. The van der Waals surface area contributed by atoms with E-state index in [-0.39, 0.29) is 12.0 Å². The quantitative estimate of drug-likeness (QED) is 0.824. The third-order valence-corrected chi connectivity index (χ3v) is 4.41. The molecule has 1 N–H and O–H groups in total. The highest BCUT2D eigenvalue weighted by Gasteiger charge is 2.40. The number of hydrogen-bond donors (Lipinski definition) is 1. The van der Waals surface area contributed by atoms with E-state index in [0.717, 1.165) is 32.4 Å². The summed E-state index contributed by atoms with van der Waals surface area (Å²) in [5.41, 5.74) is 0. The van der Waals surface area contributed by atoms with E-state index >= 15 is 0 Å². The molecule has 4 nitrogen and oxygen atoms in total. The van der Waals surface area contributed by atoms with E-state index in [1.807, 2.05) is 0 Å². The molecule has 0 radical (unpaired) electrons. The van der Waals surface area contributed by atoms with Gasteiger partial charge in [-0.1, -0.05) is 20.8 Å². The molecule has 0 aliphatic carbocycles. The van der Waals surface area contributed by atoms with E-state index in [2.05, 4.69) is 31.0 Å². The lowest BCUT2D eigenvalue weighted by Crippen LogP contribution is -2.48. The van der Waals surface area contributed by atoms with Crippen molar-refractivity contribution in [1.29, 1.82) is 0 Å². The van der Waals surface area contributed by atoms with Crippen LogP contribution in [0.1, 0.15) is 40.0 Å². The molecular weight excluding hydrogens is 240 g/mol. The molecule has 3 atom stereocenters. The normalized spacial score (nSPS) is 31.4. The van der Waals surface area contributed by atoms with Crippen molar-refractivity contribution in [2.75, 3.05) is 26.3 Å². The zero-order valence-corrected chi connectivity index (χ0v) is 12.5. The van der Waals surface area contributed by atoms with E-state index in [1.165, 1.54) is 0 Å². The fourth-order valence-corrected chi connectivity index (χ4v) is 3.30. The molecule has 0 aromatic heterocycles. The Morgan fingerprint density at radius 3 is 2.89 bits per heavy atom. The fourth-order valence-electron chi connectivity index (χ4n) is 3.30. The summed E-state index contributed by atoms with van der Waals surface area (Å²) in [4.78, 5) is 14.9. The van der Waals surface area contributed by atoms with Gasteiger partial charge in [0, 0.05) is 18.6 Å². The smallest absolute Gasteiger partial charge is 0.229 e. The summed E-state index contributed by atoms with van der Waals surface area (Å²) in [5, 5.41) is 3.46. The van der Waals surface area contributed by atoms with Crippen LogP contribution in [0.3, 0.4) is 0 Å². The Morgan fingerprint density at radius 2 is 2.21 bits per heavy atom. The maximum absolute atomic E-state index is 12.7. The molecule has 2 fully saturated rings. The second-order valence-electron chi connectivity index (χ2n) is 6.19. The monoisotopic (exact) mass is 268 g/mol. The minimum Gasteiger partial charge on any atom is -0.379 e. The highest BCUT2D eigenvalue weighted by molar-refractivity contribution is 5.80. The zero-order chi connectivity index (χ0) is 13.8. The maximum atomic E-state index is 12.7. The Morgan fingerprint density at radius 1 is 1.42 bits per heavy atom. The second kappa shape index (κ2) is 6.71. The average Bonchev–Trinajstić information content (AvgIpc) is 3.04. The minimum absolute atomic E-state index is 0.0194. The van der Waals surface area contributed by atoms with Crippen molar-refractivity contribution in [3.63, 3.8) is 0 Å². The first-order chi connectivity index (χ1) is 9.15. The molecule has 2 aliphatic rings. The number of carbonyl (C=O) groups is 1. The standard InChI is InChI=1S/C15H28N2O2/c1-4-7-16-13-10-19-9-12(13)15(18)17-8-5-6-14(17)11(2)3/h11-14,16H,4-10H2,1-3H3. The summed E-state index contributed by atoms with van der Waals surface area (Å²) in [6.07, 6.45) is 3.40. The Bertz CT molecular complexity index is 307. The molecule has 4 heteroatoms. The van der Waals surface area contributed by atoms with Crippen LogP contribution in [0, 0.1) is 11.8 Å². The number of nitrogens with one attached hydrogen (secondary N) is 1. The molecule has 2 heterocycles. The van der Waals surface area contributed by atoms with Gasteiger partial charge in [-0.3, -0.25) is 4.79 Å². The highest BCUT2D eigenvalue weighted by Crippen LogP contribution is 2.27. The molecule has 2 rings (SSSR count). The lowest BCUT2D eigenvalue weighted by Gasteiger charge is -2.31. The Hall–Kier alpha value is -0.610.